The zero-order chi connectivity index (χ0) is 14.5. The number of aromatic nitrogens is 1. The second kappa shape index (κ2) is 6.35. The van der Waals surface area contributed by atoms with Crippen molar-refractivity contribution in [3.05, 3.63) is 23.6 Å². The van der Waals surface area contributed by atoms with E-state index < -0.39 is 24.3 Å². The molecule has 0 aliphatic carbocycles. The lowest BCUT2D eigenvalue weighted by Crippen LogP contribution is -2.26. The summed E-state index contributed by atoms with van der Waals surface area (Å²) in [6.07, 6.45) is -4.26. The first-order valence-electron chi connectivity index (χ1n) is 5.52. The molecule has 19 heavy (non-hydrogen) atoms. The Labute approximate surface area is 107 Å². The molecule has 0 aromatic carbocycles. The highest BCUT2D eigenvalue weighted by Gasteiger charge is 2.26. The Morgan fingerprint density at radius 3 is 2.68 bits per heavy atom. The molecule has 0 fully saturated rings. The fraction of sp³-hybridized carbons (Fsp3) is 0.455. The highest BCUT2D eigenvalue weighted by Crippen LogP contribution is 2.20. The molecular weight excluding hydrogens is 266 g/mol. The molecule has 0 aliphatic rings. The van der Waals surface area contributed by atoms with Crippen LogP contribution in [-0.2, 0) is 0 Å². The fourth-order valence-electron chi connectivity index (χ4n) is 1.38. The van der Waals surface area contributed by atoms with Gasteiger partial charge in [-0.15, -0.1) is 0 Å². The summed E-state index contributed by atoms with van der Waals surface area (Å²) in [6.45, 7) is -0.172. The van der Waals surface area contributed by atoms with Crippen molar-refractivity contribution in [2.75, 3.05) is 18.9 Å². The van der Waals surface area contributed by atoms with Crippen molar-refractivity contribution in [3.63, 3.8) is 0 Å². The molecule has 0 radical (unpaired) electrons. The van der Waals surface area contributed by atoms with E-state index in [0.29, 0.717) is 0 Å². The minimum Gasteiger partial charge on any atom is -0.371 e. The van der Waals surface area contributed by atoms with Crippen molar-refractivity contribution in [1.29, 1.82) is 0 Å². The molecule has 8 heteroatoms. The van der Waals surface area contributed by atoms with Gasteiger partial charge in [0.15, 0.2) is 11.6 Å². The lowest BCUT2D eigenvalue weighted by molar-refractivity contribution is -0.135. The number of carbonyl (C=O) groups excluding carboxylic acids is 1. The van der Waals surface area contributed by atoms with Crippen LogP contribution in [-0.4, -0.2) is 30.7 Å². The SMILES string of the molecule is CNc1nccc(C(=O)NCCCC(F)(F)F)c1F. The van der Waals surface area contributed by atoms with E-state index in [-0.39, 0.29) is 24.3 Å². The van der Waals surface area contributed by atoms with Gasteiger partial charge in [0, 0.05) is 26.2 Å². The van der Waals surface area contributed by atoms with Crippen LogP contribution in [0.1, 0.15) is 23.2 Å². The summed E-state index contributed by atoms with van der Waals surface area (Å²) >= 11 is 0. The molecule has 0 spiro atoms. The summed E-state index contributed by atoms with van der Waals surface area (Å²) < 4.78 is 49.3. The molecule has 106 valence electrons. The van der Waals surface area contributed by atoms with Crippen LogP contribution in [0.3, 0.4) is 0 Å². The van der Waals surface area contributed by atoms with E-state index in [4.69, 9.17) is 0 Å². The predicted octanol–water partition coefficient (Wildman–Crippen LogP) is 2.33. The average Bonchev–Trinajstić information content (AvgIpc) is 2.33. The number of carbonyl (C=O) groups is 1. The van der Waals surface area contributed by atoms with Gasteiger partial charge in [0.25, 0.3) is 5.91 Å². The van der Waals surface area contributed by atoms with Crippen LogP contribution in [0.2, 0.25) is 0 Å². The van der Waals surface area contributed by atoms with Gasteiger partial charge in [-0.3, -0.25) is 4.79 Å². The summed E-state index contributed by atoms with van der Waals surface area (Å²) in [4.78, 5) is 15.2. The van der Waals surface area contributed by atoms with Crippen LogP contribution >= 0.6 is 0 Å². The normalized spacial score (nSPS) is 11.2. The molecule has 0 bridgehead atoms. The van der Waals surface area contributed by atoms with Crippen molar-refractivity contribution in [2.24, 2.45) is 0 Å². The maximum Gasteiger partial charge on any atom is 0.389 e. The lowest BCUT2D eigenvalue weighted by atomic mass is 10.2. The maximum atomic E-state index is 13.7. The minimum atomic E-state index is -4.26. The quantitative estimate of drug-likeness (QED) is 0.642. The third-order valence-corrected chi connectivity index (χ3v) is 2.29. The smallest absolute Gasteiger partial charge is 0.371 e. The standard InChI is InChI=1S/C11H13F4N3O/c1-16-9-8(12)7(3-6-17-9)10(19)18-5-2-4-11(13,14)15/h3,6H,2,4-5H2,1H3,(H,16,17)(H,18,19). The third-order valence-electron chi connectivity index (χ3n) is 2.29. The highest BCUT2D eigenvalue weighted by molar-refractivity contribution is 5.95. The van der Waals surface area contributed by atoms with Gasteiger partial charge in [-0.1, -0.05) is 0 Å². The van der Waals surface area contributed by atoms with E-state index >= 15 is 0 Å². The summed E-state index contributed by atoms with van der Waals surface area (Å²) in [7, 11) is 1.44. The van der Waals surface area contributed by atoms with Crippen LogP contribution in [0.5, 0.6) is 0 Å². The van der Waals surface area contributed by atoms with Crippen molar-refractivity contribution < 1.29 is 22.4 Å². The Bertz CT molecular complexity index is 448. The minimum absolute atomic E-state index is 0.0945. The number of hydrogen-bond acceptors (Lipinski definition) is 3. The summed E-state index contributed by atoms with van der Waals surface area (Å²) in [5, 5.41) is 4.69. The molecule has 0 unspecified atom stereocenters. The average molecular weight is 279 g/mol. The first kappa shape index (κ1) is 15.2. The van der Waals surface area contributed by atoms with Gasteiger partial charge in [-0.25, -0.2) is 9.37 Å². The molecule has 1 rings (SSSR count). The lowest BCUT2D eigenvalue weighted by Gasteiger charge is -2.09. The van der Waals surface area contributed by atoms with Gasteiger partial charge < -0.3 is 10.6 Å². The topological polar surface area (TPSA) is 54.0 Å². The first-order valence-corrected chi connectivity index (χ1v) is 5.52. The fourth-order valence-corrected chi connectivity index (χ4v) is 1.38. The monoisotopic (exact) mass is 279 g/mol. The van der Waals surface area contributed by atoms with E-state index in [1.54, 1.807) is 0 Å². The van der Waals surface area contributed by atoms with Gasteiger partial charge in [0.1, 0.15) is 0 Å². The third kappa shape index (κ3) is 4.72. The van der Waals surface area contributed by atoms with E-state index in [2.05, 4.69) is 15.6 Å². The number of alkyl halides is 3. The van der Waals surface area contributed by atoms with E-state index in [1.165, 1.54) is 13.2 Å². The van der Waals surface area contributed by atoms with Crippen molar-refractivity contribution in [2.45, 2.75) is 19.0 Å². The zero-order valence-electron chi connectivity index (χ0n) is 10.1. The van der Waals surface area contributed by atoms with Crippen LogP contribution in [0.25, 0.3) is 0 Å². The first-order chi connectivity index (χ1) is 8.85. The molecule has 0 atom stereocenters. The number of halogens is 4. The number of nitrogens with one attached hydrogen (secondary N) is 2. The van der Waals surface area contributed by atoms with Crippen molar-refractivity contribution in [1.82, 2.24) is 10.3 Å². The number of nitrogens with zero attached hydrogens (tertiary/aromatic N) is 1. The van der Waals surface area contributed by atoms with Crippen LogP contribution in [0.15, 0.2) is 12.3 Å². The summed E-state index contributed by atoms with van der Waals surface area (Å²) in [5.41, 5.74) is -0.258. The number of pyridine rings is 1. The molecule has 0 saturated carbocycles. The predicted molar refractivity (Wildman–Crippen MR) is 61.4 cm³/mol. The van der Waals surface area contributed by atoms with E-state index in [9.17, 15) is 22.4 Å². The van der Waals surface area contributed by atoms with Gasteiger partial charge in [0.2, 0.25) is 0 Å². The van der Waals surface area contributed by atoms with Crippen LogP contribution in [0.4, 0.5) is 23.4 Å². The Morgan fingerprint density at radius 1 is 1.42 bits per heavy atom. The molecule has 1 amide bonds. The van der Waals surface area contributed by atoms with Crippen molar-refractivity contribution in [3.8, 4) is 0 Å². The summed E-state index contributed by atoms with van der Waals surface area (Å²) in [6, 6.07) is 1.16. The summed E-state index contributed by atoms with van der Waals surface area (Å²) in [5.74, 6) is -1.69. The maximum absolute atomic E-state index is 13.7. The van der Waals surface area contributed by atoms with Crippen LogP contribution < -0.4 is 10.6 Å². The van der Waals surface area contributed by atoms with Gasteiger partial charge >= 0.3 is 6.18 Å². The number of anilines is 1. The number of amides is 1. The Kier molecular flexibility index (Phi) is 5.08. The Hall–Kier alpha value is -1.86. The second-order valence-electron chi connectivity index (χ2n) is 3.75. The van der Waals surface area contributed by atoms with Gasteiger partial charge in [-0.05, 0) is 12.5 Å². The highest BCUT2D eigenvalue weighted by atomic mass is 19.4. The molecular formula is C11H13F4N3O. The zero-order valence-corrected chi connectivity index (χ0v) is 10.1. The molecule has 2 N–H and O–H groups in total. The molecule has 1 heterocycles. The van der Waals surface area contributed by atoms with Crippen molar-refractivity contribution >= 4 is 11.7 Å². The second-order valence-corrected chi connectivity index (χ2v) is 3.75. The number of rotatable bonds is 5. The van der Waals surface area contributed by atoms with Gasteiger partial charge in [0.05, 0.1) is 5.56 Å². The van der Waals surface area contributed by atoms with Crippen LogP contribution in [0, 0.1) is 5.82 Å². The Morgan fingerprint density at radius 2 is 2.11 bits per heavy atom. The largest absolute Gasteiger partial charge is 0.389 e. The molecule has 0 aliphatic heterocycles. The molecule has 1 aromatic heterocycles. The van der Waals surface area contributed by atoms with E-state index in [1.807, 2.05) is 0 Å². The molecule has 0 saturated heterocycles. The molecule has 1 aromatic rings. The van der Waals surface area contributed by atoms with Gasteiger partial charge in [-0.2, -0.15) is 13.2 Å². The van der Waals surface area contributed by atoms with E-state index in [0.717, 1.165) is 6.07 Å². The number of hydrogen-bond donors (Lipinski definition) is 2. The Balaban J connectivity index is 2.55. The molecule has 4 nitrogen and oxygen atoms in total.